The molecule has 0 fully saturated rings. The molecule has 0 spiro atoms. The van der Waals surface area contributed by atoms with Gasteiger partial charge in [-0.3, -0.25) is 0 Å². The quantitative estimate of drug-likeness (QED) is 0.660. The Bertz CT molecular complexity index is 444. The summed E-state index contributed by atoms with van der Waals surface area (Å²) in [6.07, 6.45) is -4.36. The van der Waals surface area contributed by atoms with Crippen LogP contribution in [0.15, 0.2) is 22.7 Å². The van der Waals surface area contributed by atoms with Crippen LogP contribution < -0.4 is 4.74 Å². The molecule has 107 valence electrons. The maximum atomic E-state index is 12.7. The standard InChI is InChI=1S/C13H17BrF3OSi/c1-12(2,19(3)4)8-18-11-6-9(13(15,16)17)5-10(14)7-11/h5-7H,8H2,1-4H3. The number of benzene rings is 1. The zero-order valence-corrected chi connectivity index (χ0v) is 13.9. The second-order valence-electron chi connectivity index (χ2n) is 5.35. The molecule has 0 saturated heterocycles. The van der Waals surface area contributed by atoms with Crippen LogP contribution in [0.3, 0.4) is 0 Å². The number of hydrogen-bond acceptors (Lipinski definition) is 1. The molecular weight excluding hydrogens is 337 g/mol. The Morgan fingerprint density at radius 2 is 1.74 bits per heavy atom. The molecule has 0 aliphatic carbocycles. The predicted molar refractivity (Wildman–Crippen MR) is 76.2 cm³/mol. The van der Waals surface area contributed by atoms with Crippen molar-refractivity contribution in [2.24, 2.45) is 0 Å². The van der Waals surface area contributed by atoms with E-state index in [2.05, 4.69) is 42.9 Å². The van der Waals surface area contributed by atoms with Gasteiger partial charge in [0.2, 0.25) is 0 Å². The predicted octanol–water partition coefficient (Wildman–Crippen LogP) is 5.38. The van der Waals surface area contributed by atoms with E-state index < -0.39 is 20.5 Å². The average molecular weight is 354 g/mol. The van der Waals surface area contributed by atoms with E-state index in [4.69, 9.17) is 4.74 Å². The second-order valence-corrected chi connectivity index (χ2v) is 9.62. The first-order valence-corrected chi connectivity index (χ1v) is 9.13. The molecule has 0 aliphatic heterocycles. The van der Waals surface area contributed by atoms with Crippen LogP contribution >= 0.6 is 15.9 Å². The molecule has 1 rings (SSSR count). The zero-order valence-electron chi connectivity index (χ0n) is 11.4. The van der Waals surface area contributed by atoms with Gasteiger partial charge in [0.25, 0.3) is 0 Å². The van der Waals surface area contributed by atoms with Gasteiger partial charge in [-0.1, -0.05) is 42.9 Å². The molecule has 6 heteroatoms. The van der Waals surface area contributed by atoms with Crippen LogP contribution in [-0.2, 0) is 6.18 Å². The number of halogens is 4. The molecule has 0 heterocycles. The van der Waals surface area contributed by atoms with Crippen LogP contribution in [0.5, 0.6) is 5.75 Å². The van der Waals surface area contributed by atoms with E-state index in [0.29, 0.717) is 11.1 Å². The third-order valence-corrected chi connectivity index (χ3v) is 6.46. The summed E-state index contributed by atoms with van der Waals surface area (Å²) in [5, 5.41) is 0.00534. The van der Waals surface area contributed by atoms with Crippen molar-refractivity contribution in [1.82, 2.24) is 0 Å². The van der Waals surface area contributed by atoms with Crippen LogP contribution in [0.2, 0.25) is 18.1 Å². The zero-order chi connectivity index (χ0) is 14.8. The summed E-state index contributed by atoms with van der Waals surface area (Å²) < 4.78 is 44.0. The summed E-state index contributed by atoms with van der Waals surface area (Å²) >= 11 is 3.08. The minimum atomic E-state index is -4.36. The summed E-state index contributed by atoms with van der Waals surface area (Å²) in [5.41, 5.74) is -0.701. The maximum absolute atomic E-state index is 12.7. The number of rotatable bonds is 4. The lowest BCUT2D eigenvalue weighted by Crippen LogP contribution is -2.27. The third kappa shape index (κ3) is 4.84. The van der Waals surface area contributed by atoms with Crippen molar-refractivity contribution in [3.63, 3.8) is 0 Å². The molecule has 1 aromatic carbocycles. The Morgan fingerprint density at radius 3 is 2.21 bits per heavy atom. The van der Waals surface area contributed by atoms with E-state index in [0.717, 1.165) is 12.1 Å². The fourth-order valence-corrected chi connectivity index (χ4v) is 2.05. The normalized spacial score (nSPS) is 12.9. The number of alkyl halides is 3. The molecule has 0 saturated carbocycles. The highest BCUT2D eigenvalue weighted by Gasteiger charge is 2.31. The Labute approximate surface area is 121 Å². The lowest BCUT2D eigenvalue weighted by atomic mass is 10.2. The van der Waals surface area contributed by atoms with E-state index in [-0.39, 0.29) is 10.8 Å². The van der Waals surface area contributed by atoms with E-state index in [9.17, 15) is 13.2 Å². The molecule has 0 unspecified atom stereocenters. The Kier molecular flexibility index (Phi) is 5.12. The Balaban J connectivity index is 2.88. The summed E-state index contributed by atoms with van der Waals surface area (Å²) in [5.74, 6) is 0.248. The van der Waals surface area contributed by atoms with E-state index in [1.165, 1.54) is 0 Å². The molecule has 0 aromatic heterocycles. The molecule has 0 amide bonds. The first-order chi connectivity index (χ1) is 8.52. The summed E-state index contributed by atoms with van der Waals surface area (Å²) in [4.78, 5) is 0. The van der Waals surface area contributed by atoms with Gasteiger partial charge in [0.05, 0.1) is 21.0 Å². The molecule has 19 heavy (non-hydrogen) atoms. The second kappa shape index (κ2) is 5.87. The van der Waals surface area contributed by atoms with Crippen LogP contribution in [0.25, 0.3) is 0 Å². The van der Waals surface area contributed by atoms with Crippen molar-refractivity contribution in [2.75, 3.05) is 6.61 Å². The smallest absolute Gasteiger partial charge is 0.416 e. The lowest BCUT2D eigenvalue weighted by molar-refractivity contribution is -0.137. The minimum absolute atomic E-state index is 0.00534. The minimum Gasteiger partial charge on any atom is -0.493 e. The first kappa shape index (κ1) is 16.6. The summed E-state index contributed by atoms with van der Waals surface area (Å²) in [7, 11) is -0.587. The van der Waals surface area contributed by atoms with Gasteiger partial charge in [0.1, 0.15) is 5.75 Å². The van der Waals surface area contributed by atoms with Crippen LogP contribution in [0, 0.1) is 0 Å². The molecular formula is C13H17BrF3OSi. The van der Waals surface area contributed by atoms with Gasteiger partial charge in [-0.2, -0.15) is 13.2 Å². The highest BCUT2D eigenvalue weighted by molar-refractivity contribution is 9.10. The molecule has 1 nitrogen and oxygen atoms in total. The molecule has 0 N–H and O–H groups in total. The number of ether oxygens (including phenoxy) is 1. The van der Waals surface area contributed by atoms with Crippen LogP contribution in [-0.4, -0.2) is 15.4 Å². The maximum Gasteiger partial charge on any atom is 0.416 e. The van der Waals surface area contributed by atoms with E-state index in [1.54, 1.807) is 6.07 Å². The molecule has 0 aliphatic rings. The van der Waals surface area contributed by atoms with Gasteiger partial charge in [-0.25, -0.2) is 0 Å². The SMILES string of the molecule is C[Si](C)C(C)(C)COc1cc(Br)cc(C(F)(F)F)c1. The fourth-order valence-electron chi connectivity index (χ4n) is 1.22. The summed E-state index contributed by atoms with van der Waals surface area (Å²) in [6.45, 7) is 8.89. The van der Waals surface area contributed by atoms with Crippen molar-refractivity contribution in [3.05, 3.63) is 28.2 Å². The van der Waals surface area contributed by atoms with Gasteiger partial charge in [0, 0.05) is 4.47 Å². The number of hydrogen-bond donors (Lipinski definition) is 0. The van der Waals surface area contributed by atoms with Crippen molar-refractivity contribution < 1.29 is 17.9 Å². The van der Waals surface area contributed by atoms with E-state index in [1.807, 2.05) is 0 Å². The average Bonchev–Trinajstić information content (AvgIpc) is 2.24. The highest BCUT2D eigenvalue weighted by atomic mass is 79.9. The first-order valence-electron chi connectivity index (χ1n) is 5.83. The van der Waals surface area contributed by atoms with Crippen molar-refractivity contribution in [1.29, 1.82) is 0 Å². The Morgan fingerprint density at radius 1 is 1.16 bits per heavy atom. The largest absolute Gasteiger partial charge is 0.493 e. The van der Waals surface area contributed by atoms with Crippen molar-refractivity contribution in [2.45, 2.75) is 38.2 Å². The highest BCUT2D eigenvalue weighted by Crippen LogP contribution is 2.35. The van der Waals surface area contributed by atoms with Crippen molar-refractivity contribution in [3.8, 4) is 5.75 Å². The van der Waals surface area contributed by atoms with Gasteiger partial charge >= 0.3 is 6.18 Å². The van der Waals surface area contributed by atoms with Gasteiger partial charge in [-0.15, -0.1) is 0 Å². The van der Waals surface area contributed by atoms with E-state index >= 15 is 0 Å². The summed E-state index contributed by atoms with van der Waals surface area (Å²) in [6, 6.07) is 3.65. The molecule has 0 bridgehead atoms. The Hall–Kier alpha value is -0.493. The monoisotopic (exact) mass is 353 g/mol. The van der Waals surface area contributed by atoms with Gasteiger partial charge < -0.3 is 4.74 Å². The lowest BCUT2D eigenvalue weighted by Gasteiger charge is -2.28. The third-order valence-electron chi connectivity index (χ3n) is 3.15. The molecule has 1 radical (unpaired) electrons. The van der Waals surface area contributed by atoms with Gasteiger partial charge in [0.15, 0.2) is 0 Å². The van der Waals surface area contributed by atoms with Crippen LogP contribution in [0.4, 0.5) is 13.2 Å². The molecule has 0 atom stereocenters. The van der Waals surface area contributed by atoms with Crippen LogP contribution in [0.1, 0.15) is 19.4 Å². The molecule has 1 aromatic rings. The fraction of sp³-hybridized carbons (Fsp3) is 0.538. The van der Waals surface area contributed by atoms with Crippen molar-refractivity contribution >= 4 is 24.7 Å². The topological polar surface area (TPSA) is 9.23 Å². The van der Waals surface area contributed by atoms with Gasteiger partial charge in [-0.05, 0) is 23.2 Å².